The van der Waals surface area contributed by atoms with E-state index in [0.29, 0.717) is 51.4 Å². The third-order valence-electron chi connectivity index (χ3n) is 6.38. The number of esters is 1. The molecule has 0 unspecified atom stereocenters. The second kappa shape index (κ2) is 14.0. The standard InChI is InChI=1S/C26H40N2O5/c1-4-10-22-15-9-16-24(30)27-21(18-29)14-8-11-19(2)25(31)28(3)23(26(32)33-22)17-20-12-6-5-7-13-20/h5-7,12-13,19,21-23,29H,4,8-11,14-18H2,1-3H3,(H,27,30)/t19-,21-,22-,23+/m1/s1. The minimum Gasteiger partial charge on any atom is -0.461 e. The summed E-state index contributed by atoms with van der Waals surface area (Å²) in [7, 11) is 1.68. The van der Waals surface area contributed by atoms with Crippen LogP contribution in [0.4, 0.5) is 0 Å². The minimum absolute atomic E-state index is 0.100. The molecule has 33 heavy (non-hydrogen) atoms. The number of carbonyl (C=O) groups excluding carboxylic acids is 3. The lowest BCUT2D eigenvalue weighted by molar-refractivity contribution is -0.160. The van der Waals surface area contributed by atoms with Crippen LogP contribution in [0.1, 0.15) is 70.8 Å². The van der Waals surface area contributed by atoms with Crippen molar-refractivity contribution >= 4 is 17.8 Å². The zero-order chi connectivity index (χ0) is 24.2. The highest BCUT2D eigenvalue weighted by atomic mass is 16.5. The van der Waals surface area contributed by atoms with E-state index in [9.17, 15) is 19.5 Å². The lowest BCUT2D eigenvalue weighted by atomic mass is 9.98. The van der Waals surface area contributed by atoms with Crippen LogP contribution in [0.5, 0.6) is 0 Å². The zero-order valence-electron chi connectivity index (χ0n) is 20.3. The van der Waals surface area contributed by atoms with E-state index in [1.165, 1.54) is 0 Å². The number of nitrogens with one attached hydrogen (secondary N) is 1. The van der Waals surface area contributed by atoms with Crippen molar-refractivity contribution in [3.05, 3.63) is 35.9 Å². The van der Waals surface area contributed by atoms with Crippen molar-refractivity contribution in [2.45, 2.75) is 89.8 Å². The number of amides is 2. The molecular weight excluding hydrogens is 420 g/mol. The molecule has 1 aromatic rings. The molecule has 0 radical (unpaired) electrons. The summed E-state index contributed by atoms with van der Waals surface area (Å²) in [5.41, 5.74) is 0.968. The second-order valence-electron chi connectivity index (χ2n) is 9.17. The van der Waals surface area contributed by atoms with Gasteiger partial charge < -0.3 is 20.1 Å². The lowest BCUT2D eigenvalue weighted by Gasteiger charge is -2.31. The van der Waals surface area contributed by atoms with Crippen LogP contribution < -0.4 is 5.32 Å². The number of hydrogen-bond acceptors (Lipinski definition) is 5. The highest BCUT2D eigenvalue weighted by molar-refractivity contribution is 5.85. The molecule has 0 saturated carbocycles. The minimum atomic E-state index is -0.705. The Morgan fingerprint density at radius 3 is 2.48 bits per heavy atom. The van der Waals surface area contributed by atoms with E-state index in [-0.39, 0.29) is 36.5 Å². The maximum atomic E-state index is 13.3. The molecule has 0 aromatic heterocycles. The van der Waals surface area contributed by atoms with Crippen molar-refractivity contribution in [2.24, 2.45) is 5.92 Å². The quantitative estimate of drug-likeness (QED) is 0.658. The van der Waals surface area contributed by atoms with Gasteiger partial charge in [0, 0.05) is 25.8 Å². The van der Waals surface area contributed by atoms with Gasteiger partial charge >= 0.3 is 5.97 Å². The number of nitrogens with zero attached hydrogens (tertiary/aromatic N) is 1. The van der Waals surface area contributed by atoms with Crippen molar-refractivity contribution in [2.75, 3.05) is 13.7 Å². The van der Waals surface area contributed by atoms with Crippen molar-refractivity contribution in [1.29, 1.82) is 0 Å². The van der Waals surface area contributed by atoms with Gasteiger partial charge in [-0.1, -0.05) is 57.0 Å². The Hall–Kier alpha value is -2.41. The third-order valence-corrected chi connectivity index (χ3v) is 6.38. The van der Waals surface area contributed by atoms with Crippen LogP contribution in [0.3, 0.4) is 0 Å². The van der Waals surface area contributed by atoms with Crippen LogP contribution in [0, 0.1) is 5.92 Å². The van der Waals surface area contributed by atoms with Gasteiger partial charge in [-0.15, -0.1) is 0 Å². The molecule has 1 heterocycles. The highest BCUT2D eigenvalue weighted by Crippen LogP contribution is 2.20. The molecular formula is C26H40N2O5. The predicted molar refractivity (Wildman–Crippen MR) is 127 cm³/mol. The second-order valence-corrected chi connectivity index (χ2v) is 9.17. The average molecular weight is 461 g/mol. The Balaban J connectivity index is 2.25. The molecule has 0 aliphatic carbocycles. The molecule has 1 fully saturated rings. The van der Waals surface area contributed by atoms with Crippen LogP contribution in [0.15, 0.2) is 30.3 Å². The summed E-state index contributed by atoms with van der Waals surface area (Å²) in [6.45, 7) is 3.77. The summed E-state index contributed by atoms with van der Waals surface area (Å²) in [6, 6.07) is 8.65. The maximum absolute atomic E-state index is 13.3. The molecule has 2 amide bonds. The fourth-order valence-corrected chi connectivity index (χ4v) is 4.34. The van der Waals surface area contributed by atoms with Crippen molar-refractivity contribution in [3.8, 4) is 0 Å². The van der Waals surface area contributed by atoms with Gasteiger partial charge in [0.15, 0.2) is 0 Å². The largest absolute Gasteiger partial charge is 0.461 e. The number of hydrogen-bond donors (Lipinski definition) is 2. The fourth-order valence-electron chi connectivity index (χ4n) is 4.34. The van der Waals surface area contributed by atoms with E-state index >= 15 is 0 Å². The van der Waals surface area contributed by atoms with Crippen molar-refractivity contribution in [3.63, 3.8) is 0 Å². The first-order chi connectivity index (χ1) is 15.8. The number of cyclic esters (lactones) is 1. The first kappa shape index (κ1) is 26.8. The first-order valence-corrected chi connectivity index (χ1v) is 12.3. The third kappa shape index (κ3) is 8.80. The number of aliphatic hydroxyl groups excluding tert-OH is 1. The monoisotopic (exact) mass is 460 g/mol. The van der Waals surface area contributed by atoms with Crippen LogP contribution in [-0.2, 0) is 25.5 Å². The summed E-state index contributed by atoms with van der Waals surface area (Å²) in [6.07, 6.45) is 5.08. The van der Waals surface area contributed by atoms with Crippen molar-refractivity contribution in [1.82, 2.24) is 10.2 Å². The number of rotatable bonds is 5. The first-order valence-electron chi connectivity index (χ1n) is 12.3. The van der Waals surface area contributed by atoms with Gasteiger partial charge in [0.05, 0.1) is 12.6 Å². The average Bonchev–Trinajstić information content (AvgIpc) is 2.80. The van der Waals surface area contributed by atoms with E-state index in [1.807, 2.05) is 44.2 Å². The van der Waals surface area contributed by atoms with Crippen LogP contribution in [-0.4, -0.2) is 59.6 Å². The van der Waals surface area contributed by atoms with Crippen molar-refractivity contribution < 1.29 is 24.2 Å². The molecule has 0 bridgehead atoms. The number of likely N-dealkylation sites (N-methyl/N-ethyl adjacent to an activating group) is 1. The van der Waals surface area contributed by atoms with E-state index in [2.05, 4.69) is 5.32 Å². The Morgan fingerprint density at radius 2 is 1.82 bits per heavy atom. The molecule has 0 spiro atoms. The lowest BCUT2D eigenvalue weighted by Crippen LogP contribution is -2.47. The molecule has 1 aromatic carbocycles. The van der Waals surface area contributed by atoms with Gasteiger partial charge in [0.2, 0.25) is 11.8 Å². The Kier molecular flexibility index (Phi) is 11.4. The molecule has 4 atom stereocenters. The predicted octanol–water partition coefficient (Wildman–Crippen LogP) is 3.24. The summed E-state index contributed by atoms with van der Waals surface area (Å²) in [5, 5.41) is 12.5. The van der Waals surface area contributed by atoms with Gasteiger partial charge in [-0.3, -0.25) is 9.59 Å². The number of aliphatic hydroxyl groups is 1. The smallest absolute Gasteiger partial charge is 0.329 e. The molecule has 7 heteroatoms. The number of carbonyl (C=O) groups is 3. The summed E-state index contributed by atoms with van der Waals surface area (Å²) < 4.78 is 5.90. The van der Waals surface area contributed by atoms with E-state index in [0.717, 1.165) is 12.0 Å². The topological polar surface area (TPSA) is 95.9 Å². The van der Waals surface area contributed by atoms with E-state index in [4.69, 9.17) is 4.74 Å². The zero-order valence-corrected chi connectivity index (χ0v) is 20.3. The molecule has 2 N–H and O–H groups in total. The Morgan fingerprint density at radius 1 is 1.09 bits per heavy atom. The summed E-state index contributed by atoms with van der Waals surface area (Å²) in [5.74, 6) is -0.877. The number of ether oxygens (including phenoxy) is 1. The Bertz CT molecular complexity index is 754. The van der Waals surface area contributed by atoms with Gasteiger partial charge in [-0.2, -0.15) is 0 Å². The SMILES string of the molecule is CCC[C@@H]1CCCC(=O)N[C@@H](CO)CCC[C@@H](C)C(=O)N(C)[C@@H](Cc2ccccc2)C(=O)O1. The molecule has 1 aliphatic rings. The maximum Gasteiger partial charge on any atom is 0.329 e. The molecule has 184 valence electrons. The van der Waals surface area contributed by atoms with E-state index < -0.39 is 12.0 Å². The molecule has 1 saturated heterocycles. The fraction of sp³-hybridized carbons (Fsp3) is 0.654. The van der Waals surface area contributed by atoms with Crippen LogP contribution in [0.2, 0.25) is 0 Å². The van der Waals surface area contributed by atoms with Gasteiger partial charge in [0.25, 0.3) is 0 Å². The Labute approximate surface area is 197 Å². The highest BCUT2D eigenvalue weighted by Gasteiger charge is 2.32. The van der Waals surface area contributed by atoms with Crippen LogP contribution >= 0.6 is 0 Å². The van der Waals surface area contributed by atoms with Gasteiger partial charge in [-0.05, 0) is 37.7 Å². The van der Waals surface area contributed by atoms with Gasteiger partial charge in [-0.25, -0.2) is 4.79 Å². The van der Waals surface area contributed by atoms with Gasteiger partial charge in [0.1, 0.15) is 12.1 Å². The molecule has 1 aliphatic heterocycles. The van der Waals surface area contributed by atoms with E-state index in [1.54, 1.807) is 11.9 Å². The summed E-state index contributed by atoms with van der Waals surface area (Å²) in [4.78, 5) is 40.3. The number of benzene rings is 1. The molecule has 2 rings (SSSR count). The molecule has 7 nitrogen and oxygen atoms in total. The summed E-state index contributed by atoms with van der Waals surface area (Å²) >= 11 is 0. The van der Waals surface area contributed by atoms with Crippen LogP contribution in [0.25, 0.3) is 0 Å². The normalized spacial score (nSPS) is 26.5.